The number of nitrogens with one attached hydrogen (secondary N) is 2. The van der Waals surface area contributed by atoms with Crippen molar-refractivity contribution >= 4 is 11.6 Å². The van der Waals surface area contributed by atoms with Crippen molar-refractivity contribution in [2.24, 2.45) is 0 Å². The smallest absolute Gasteiger partial charge is 0.290 e. The molecule has 0 unspecified atom stereocenters. The topological polar surface area (TPSA) is 35.8 Å². The Bertz CT molecular complexity index is 529. The monoisotopic (exact) mass is 257 g/mol. The quantitative estimate of drug-likeness (QED) is 0.863. The second-order valence-electron chi connectivity index (χ2n) is 4.00. The van der Waals surface area contributed by atoms with E-state index in [-0.39, 0.29) is 6.04 Å². The van der Waals surface area contributed by atoms with Crippen molar-refractivity contribution in [3.63, 3.8) is 0 Å². The second kappa shape index (κ2) is 6.20. The summed E-state index contributed by atoms with van der Waals surface area (Å²) in [5, 5.41) is 11.4. The highest BCUT2D eigenvalue weighted by molar-refractivity contribution is 6.30. The van der Waals surface area contributed by atoms with Crippen molar-refractivity contribution < 1.29 is 5.26 Å². The minimum Gasteiger partial charge on any atom is -0.290 e. The summed E-state index contributed by atoms with van der Waals surface area (Å²) in [6, 6.07) is 19.9. The number of halogens is 1. The molecule has 0 aromatic heterocycles. The minimum atomic E-state index is -0.206. The Morgan fingerprint density at radius 1 is 1.06 bits per heavy atom. The number of hydrogen-bond acceptors (Lipinski definition) is 1. The van der Waals surface area contributed by atoms with Gasteiger partial charge in [-0.15, -0.1) is 0 Å². The van der Waals surface area contributed by atoms with E-state index < -0.39 is 0 Å². The third kappa shape index (κ3) is 3.33. The van der Waals surface area contributed by atoms with Gasteiger partial charge >= 0.3 is 0 Å². The number of rotatable bonds is 4. The van der Waals surface area contributed by atoms with Crippen molar-refractivity contribution in [1.82, 2.24) is 5.32 Å². The zero-order valence-electron chi connectivity index (χ0n) is 9.86. The van der Waals surface area contributed by atoms with Crippen molar-refractivity contribution in [1.29, 1.82) is 0 Å². The molecule has 0 aliphatic carbocycles. The summed E-state index contributed by atoms with van der Waals surface area (Å²) in [4.78, 5) is 0. The second-order valence-corrected chi connectivity index (χ2v) is 4.43. The summed E-state index contributed by atoms with van der Waals surface area (Å²) in [6.07, 6.45) is 0. The van der Waals surface area contributed by atoms with Gasteiger partial charge in [0.15, 0.2) is 6.04 Å². The van der Waals surface area contributed by atoms with E-state index in [1.165, 1.54) is 5.56 Å². The molecule has 0 heterocycles. The number of hydrogen-bond donors (Lipinski definition) is 2. The molecule has 2 rings (SSSR count). The summed E-state index contributed by atoms with van der Waals surface area (Å²) in [5.41, 5.74) is 2.18. The van der Waals surface area contributed by atoms with Crippen LogP contribution in [0.3, 0.4) is 0 Å². The van der Waals surface area contributed by atoms with Gasteiger partial charge in [-0.1, -0.05) is 59.3 Å². The Morgan fingerprint density at radius 2 is 1.72 bits per heavy atom. The van der Waals surface area contributed by atoms with Crippen LogP contribution in [0.25, 0.3) is 0 Å². The highest BCUT2D eigenvalue weighted by Gasteiger charge is 2.12. The highest BCUT2D eigenvalue weighted by atomic mass is 35.5. The van der Waals surface area contributed by atoms with Crippen LogP contribution in [-0.4, -0.2) is 0 Å². The Morgan fingerprint density at radius 3 is 2.33 bits per heavy atom. The molecule has 0 aliphatic rings. The van der Waals surface area contributed by atoms with Gasteiger partial charge in [0.05, 0.1) is 0 Å². The van der Waals surface area contributed by atoms with Crippen LogP contribution in [0.1, 0.15) is 17.2 Å². The molecule has 2 nitrogen and oxygen atoms in total. The molecule has 2 aromatic rings. The van der Waals surface area contributed by atoms with Gasteiger partial charge in [-0.25, -0.2) is 0 Å². The largest absolute Gasteiger partial charge is 0.294 e. The van der Waals surface area contributed by atoms with E-state index in [0.717, 1.165) is 5.56 Å². The van der Waals surface area contributed by atoms with Gasteiger partial charge in [0.25, 0.3) is 6.07 Å². The van der Waals surface area contributed by atoms with Crippen LogP contribution in [0.5, 0.6) is 0 Å². The van der Waals surface area contributed by atoms with Crippen molar-refractivity contribution in [2.45, 2.75) is 12.6 Å². The van der Waals surface area contributed by atoms with E-state index in [1.54, 1.807) is 0 Å². The molecule has 2 aromatic carbocycles. The fourth-order valence-electron chi connectivity index (χ4n) is 1.72. The Kier molecular flexibility index (Phi) is 4.35. The third-order valence-corrected chi connectivity index (χ3v) is 2.95. The summed E-state index contributed by atoms with van der Waals surface area (Å²) in [5.74, 6) is 0. The van der Waals surface area contributed by atoms with Gasteiger partial charge in [0, 0.05) is 11.6 Å². The Hall–Kier alpha value is -1.82. The van der Waals surface area contributed by atoms with Crippen LogP contribution in [-0.2, 0) is 6.54 Å². The predicted octanol–water partition coefficient (Wildman–Crippen LogP) is 1.94. The number of benzene rings is 2. The first-order valence-corrected chi connectivity index (χ1v) is 6.12. The summed E-state index contributed by atoms with van der Waals surface area (Å²) >= 11 is 5.84. The molecule has 3 heteroatoms. The Balaban J connectivity index is 2.02. The van der Waals surface area contributed by atoms with E-state index in [0.29, 0.717) is 11.6 Å². The summed E-state index contributed by atoms with van der Waals surface area (Å²) in [6.45, 7) is 0.708. The molecular formula is C15H14ClN2+. The SMILES string of the molecule is [NH+]#C[C@H](NCc1ccccc1)c1ccc(Cl)cc1. The molecule has 0 saturated heterocycles. The van der Waals surface area contributed by atoms with Gasteiger partial charge in [0.1, 0.15) is 0 Å². The molecule has 0 saturated carbocycles. The van der Waals surface area contributed by atoms with Gasteiger partial charge < -0.3 is 0 Å². The maximum atomic E-state index is 7.37. The lowest BCUT2D eigenvalue weighted by Gasteiger charge is -2.09. The minimum absolute atomic E-state index is 0.206. The lowest BCUT2D eigenvalue weighted by molar-refractivity contribution is -0.0969. The molecule has 0 amide bonds. The van der Waals surface area contributed by atoms with E-state index in [4.69, 9.17) is 16.9 Å². The van der Waals surface area contributed by atoms with Crippen LogP contribution in [0.4, 0.5) is 0 Å². The van der Waals surface area contributed by atoms with E-state index in [9.17, 15) is 0 Å². The van der Waals surface area contributed by atoms with Crippen molar-refractivity contribution in [2.75, 3.05) is 0 Å². The molecule has 0 spiro atoms. The maximum Gasteiger partial charge on any atom is 0.294 e. The first-order chi connectivity index (χ1) is 8.79. The fraction of sp³-hybridized carbons (Fsp3) is 0.133. The molecule has 0 aliphatic heterocycles. The van der Waals surface area contributed by atoms with E-state index in [1.807, 2.05) is 42.5 Å². The van der Waals surface area contributed by atoms with Gasteiger partial charge in [-0.2, -0.15) is 0 Å². The van der Waals surface area contributed by atoms with Crippen LogP contribution >= 0.6 is 11.6 Å². The van der Waals surface area contributed by atoms with Crippen molar-refractivity contribution in [3.05, 3.63) is 70.7 Å². The molecule has 1 atom stereocenters. The average Bonchev–Trinajstić information content (AvgIpc) is 2.42. The lowest BCUT2D eigenvalue weighted by atomic mass is 10.1. The van der Waals surface area contributed by atoms with Crippen LogP contribution in [0.15, 0.2) is 54.6 Å². The third-order valence-electron chi connectivity index (χ3n) is 2.70. The molecule has 90 valence electrons. The first-order valence-electron chi connectivity index (χ1n) is 5.74. The predicted molar refractivity (Wildman–Crippen MR) is 72.3 cm³/mol. The zero-order chi connectivity index (χ0) is 12.8. The van der Waals surface area contributed by atoms with Crippen LogP contribution in [0.2, 0.25) is 5.02 Å². The summed E-state index contributed by atoms with van der Waals surface area (Å²) < 4.78 is 0. The van der Waals surface area contributed by atoms with Crippen molar-refractivity contribution in [3.8, 4) is 6.07 Å². The lowest BCUT2D eigenvalue weighted by Crippen LogP contribution is -2.28. The molecular weight excluding hydrogens is 244 g/mol. The maximum absolute atomic E-state index is 7.37. The average molecular weight is 258 g/mol. The van der Waals surface area contributed by atoms with Crippen LogP contribution < -0.4 is 10.6 Å². The normalized spacial score (nSPS) is 11.8. The molecule has 0 bridgehead atoms. The first kappa shape index (κ1) is 12.6. The van der Waals surface area contributed by atoms with E-state index >= 15 is 0 Å². The molecule has 0 fully saturated rings. The Labute approximate surface area is 112 Å². The zero-order valence-corrected chi connectivity index (χ0v) is 10.6. The standard InChI is InChI=1S/C15H13ClN2/c16-14-8-6-13(7-9-14)15(10-17)18-11-12-4-2-1-3-5-12/h1-9,15,18H,11H2/p+1/t15-/m0/s1. The van der Waals surface area contributed by atoms with E-state index in [2.05, 4.69) is 23.5 Å². The molecule has 18 heavy (non-hydrogen) atoms. The van der Waals surface area contributed by atoms with Gasteiger partial charge in [0.2, 0.25) is 0 Å². The fourth-order valence-corrected chi connectivity index (χ4v) is 1.85. The van der Waals surface area contributed by atoms with Gasteiger partial charge in [-0.3, -0.25) is 5.32 Å². The van der Waals surface area contributed by atoms with Gasteiger partial charge in [-0.05, 0) is 23.3 Å². The van der Waals surface area contributed by atoms with Crippen LogP contribution in [0, 0.1) is 6.07 Å². The molecule has 0 radical (unpaired) electrons. The molecule has 2 N–H and O–H groups in total. The highest BCUT2D eigenvalue weighted by Crippen LogP contribution is 2.16. The summed E-state index contributed by atoms with van der Waals surface area (Å²) in [7, 11) is 0.